The average Bonchev–Trinajstić information content (AvgIpc) is 2.42. The van der Waals surface area contributed by atoms with Crippen molar-refractivity contribution in [1.29, 1.82) is 0 Å². The summed E-state index contributed by atoms with van der Waals surface area (Å²) in [6, 6.07) is 0.409. The Balaban J connectivity index is 1.70. The lowest BCUT2D eigenvalue weighted by molar-refractivity contribution is 0.0257. The maximum Gasteiger partial charge on any atom is 0.0546 e. The summed E-state index contributed by atoms with van der Waals surface area (Å²) in [5.74, 6) is 1.41. The largest absolute Gasteiger partial charge is 0.393 e. The molecule has 17 heavy (non-hydrogen) atoms. The molecule has 3 heteroatoms. The fourth-order valence-corrected chi connectivity index (χ4v) is 3.41. The van der Waals surface area contributed by atoms with Crippen LogP contribution in [0.5, 0.6) is 0 Å². The lowest BCUT2D eigenvalue weighted by atomic mass is 9.82. The number of rotatable bonds is 4. The molecule has 3 N–H and O–H groups in total. The van der Waals surface area contributed by atoms with Crippen molar-refractivity contribution in [2.24, 2.45) is 17.6 Å². The van der Waals surface area contributed by atoms with Gasteiger partial charge in [-0.05, 0) is 44.6 Å². The third kappa shape index (κ3) is 3.94. The first-order valence-electron chi connectivity index (χ1n) is 7.27. The number of hydrogen-bond donors (Lipinski definition) is 2. The van der Waals surface area contributed by atoms with Gasteiger partial charge in [0, 0.05) is 19.1 Å². The number of nitrogens with zero attached hydrogens (tertiary/aromatic N) is 1. The first kappa shape index (κ1) is 13.3. The Morgan fingerprint density at radius 1 is 1.12 bits per heavy atom. The number of hydrogen-bond acceptors (Lipinski definition) is 3. The fourth-order valence-electron chi connectivity index (χ4n) is 3.41. The van der Waals surface area contributed by atoms with E-state index in [2.05, 4.69) is 11.9 Å². The van der Waals surface area contributed by atoms with Crippen LogP contribution >= 0.6 is 0 Å². The molecule has 2 rings (SSSR count). The summed E-state index contributed by atoms with van der Waals surface area (Å²) in [6.07, 6.45) is 8.53. The highest BCUT2D eigenvalue weighted by Crippen LogP contribution is 2.28. The van der Waals surface area contributed by atoms with E-state index in [9.17, 15) is 5.11 Å². The zero-order valence-corrected chi connectivity index (χ0v) is 11.1. The van der Waals surface area contributed by atoms with Gasteiger partial charge in [-0.25, -0.2) is 0 Å². The van der Waals surface area contributed by atoms with Crippen molar-refractivity contribution in [3.8, 4) is 0 Å². The molecule has 0 aromatic rings. The van der Waals surface area contributed by atoms with E-state index in [4.69, 9.17) is 5.73 Å². The Bertz CT molecular complexity index is 228. The molecule has 0 aromatic carbocycles. The Kier molecular flexibility index (Phi) is 4.83. The maximum atomic E-state index is 9.29. The molecule has 2 fully saturated rings. The molecule has 0 saturated heterocycles. The molecule has 0 bridgehead atoms. The highest BCUT2D eigenvalue weighted by atomic mass is 16.3. The molecule has 100 valence electrons. The summed E-state index contributed by atoms with van der Waals surface area (Å²) in [7, 11) is 2.21. The van der Waals surface area contributed by atoms with Crippen molar-refractivity contribution in [3.63, 3.8) is 0 Å². The van der Waals surface area contributed by atoms with Gasteiger partial charge in [-0.2, -0.15) is 0 Å². The second kappa shape index (κ2) is 6.17. The molecule has 0 heterocycles. The summed E-state index contributed by atoms with van der Waals surface area (Å²) in [6.45, 7) is 2.29. The molecule has 0 aromatic heterocycles. The van der Waals surface area contributed by atoms with E-state index in [1.54, 1.807) is 0 Å². The van der Waals surface area contributed by atoms with E-state index >= 15 is 0 Å². The number of nitrogens with two attached hydrogens (primary N) is 1. The summed E-state index contributed by atoms with van der Waals surface area (Å²) in [5.41, 5.74) is 6.26. The molecule has 0 amide bonds. The smallest absolute Gasteiger partial charge is 0.0546 e. The van der Waals surface area contributed by atoms with Crippen molar-refractivity contribution < 1.29 is 5.11 Å². The quantitative estimate of drug-likeness (QED) is 0.734. The minimum atomic E-state index is -0.0199. The standard InChI is InChI=1S/C14H28N2O/c1-16(9-11-7-13(17)8-11)10-12-5-3-2-4-6-14(12)15/h11-14,17H,2-10,15H2,1H3. The van der Waals surface area contributed by atoms with Gasteiger partial charge in [0.2, 0.25) is 0 Å². The SMILES string of the molecule is CN(CC1CC(O)C1)CC1CCCCCC1N. The molecule has 0 aliphatic heterocycles. The monoisotopic (exact) mass is 240 g/mol. The van der Waals surface area contributed by atoms with Crippen LogP contribution in [0.2, 0.25) is 0 Å². The second-order valence-corrected chi connectivity index (χ2v) is 6.27. The third-order valence-corrected chi connectivity index (χ3v) is 4.54. The van der Waals surface area contributed by atoms with E-state index in [0.29, 0.717) is 12.0 Å². The fraction of sp³-hybridized carbons (Fsp3) is 1.00. The summed E-state index contributed by atoms with van der Waals surface area (Å²) in [4.78, 5) is 2.44. The summed E-state index contributed by atoms with van der Waals surface area (Å²) in [5, 5.41) is 9.29. The number of aliphatic hydroxyl groups excluding tert-OH is 1. The van der Waals surface area contributed by atoms with Gasteiger partial charge in [-0.15, -0.1) is 0 Å². The van der Waals surface area contributed by atoms with Crippen LogP contribution in [-0.2, 0) is 0 Å². The summed E-state index contributed by atoms with van der Waals surface area (Å²) >= 11 is 0. The van der Waals surface area contributed by atoms with Crippen LogP contribution in [0.1, 0.15) is 44.9 Å². The highest BCUT2D eigenvalue weighted by Gasteiger charge is 2.29. The van der Waals surface area contributed by atoms with Crippen molar-refractivity contribution in [1.82, 2.24) is 4.90 Å². The summed E-state index contributed by atoms with van der Waals surface area (Å²) < 4.78 is 0. The average molecular weight is 240 g/mol. The lowest BCUT2D eigenvalue weighted by Gasteiger charge is -2.36. The van der Waals surface area contributed by atoms with Gasteiger partial charge >= 0.3 is 0 Å². The maximum absolute atomic E-state index is 9.29. The topological polar surface area (TPSA) is 49.5 Å². The zero-order chi connectivity index (χ0) is 12.3. The Labute approximate surface area is 105 Å². The molecule has 0 radical (unpaired) electrons. The Hall–Kier alpha value is -0.120. The third-order valence-electron chi connectivity index (χ3n) is 4.54. The van der Waals surface area contributed by atoms with Gasteiger partial charge in [0.05, 0.1) is 6.10 Å². The van der Waals surface area contributed by atoms with E-state index < -0.39 is 0 Å². The zero-order valence-electron chi connectivity index (χ0n) is 11.1. The van der Waals surface area contributed by atoms with E-state index in [1.807, 2.05) is 0 Å². The van der Waals surface area contributed by atoms with Crippen LogP contribution in [-0.4, -0.2) is 42.3 Å². The predicted molar refractivity (Wildman–Crippen MR) is 70.8 cm³/mol. The van der Waals surface area contributed by atoms with Crippen molar-refractivity contribution >= 4 is 0 Å². The first-order valence-corrected chi connectivity index (χ1v) is 7.27. The highest BCUT2D eigenvalue weighted by molar-refractivity contribution is 4.83. The van der Waals surface area contributed by atoms with Crippen LogP contribution in [0.4, 0.5) is 0 Å². The van der Waals surface area contributed by atoms with Gasteiger partial charge in [-0.3, -0.25) is 0 Å². The van der Waals surface area contributed by atoms with Crippen molar-refractivity contribution in [2.75, 3.05) is 20.1 Å². The van der Waals surface area contributed by atoms with Crippen LogP contribution in [0.3, 0.4) is 0 Å². The van der Waals surface area contributed by atoms with Gasteiger partial charge in [-0.1, -0.05) is 19.3 Å². The molecule has 2 aliphatic carbocycles. The van der Waals surface area contributed by atoms with Gasteiger partial charge in [0.25, 0.3) is 0 Å². The van der Waals surface area contributed by atoms with Gasteiger partial charge in [0.15, 0.2) is 0 Å². The van der Waals surface area contributed by atoms with Gasteiger partial charge < -0.3 is 15.7 Å². The van der Waals surface area contributed by atoms with Crippen LogP contribution in [0.25, 0.3) is 0 Å². The molecule has 2 atom stereocenters. The lowest BCUT2D eigenvalue weighted by Crippen LogP contribution is -2.42. The normalized spacial score (nSPS) is 38.8. The van der Waals surface area contributed by atoms with Gasteiger partial charge in [0.1, 0.15) is 0 Å². The Morgan fingerprint density at radius 3 is 2.53 bits per heavy atom. The van der Waals surface area contributed by atoms with Crippen LogP contribution in [0.15, 0.2) is 0 Å². The predicted octanol–water partition coefficient (Wildman–Crippen LogP) is 1.60. The van der Waals surface area contributed by atoms with E-state index in [0.717, 1.165) is 31.8 Å². The second-order valence-electron chi connectivity index (χ2n) is 6.27. The molecule has 2 unspecified atom stereocenters. The van der Waals surface area contributed by atoms with Crippen molar-refractivity contribution in [2.45, 2.75) is 57.1 Å². The molecule has 0 spiro atoms. The Morgan fingerprint density at radius 2 is 1.82 bits per heavy atom. The number of aliphatic hydroxyl groups is 1. The van der Waals surface area contributed by atoms with E-state index in [-0.39, 0.29) is 6.10 Å². The minimum Gasteiger partial charge on any atom is -0.393 e. The van der Waals surface area contributed by atoms with Crippen molar-refractivity contribution in [3.05, 3.63) is 0 Å². The van der Waals surface area contributed by atoms with Crippen LogP contribution < -0.4 is 5.73 Å². The molecule has 3 nitrogen and oxygen atoms in total. The molecular weight excluding hydrogens is 212 g/mol. The van der Waals surface area contributed by atoms with E-state index in [1.165, 1.54) is 32.1 Å². The molecule has 2 saturated carbocycles. The molecular formula is C14H28N2O. The molecule has 2 aliphatic rings. The first-order chi connectivity index (χ1) is 8.15. The van der Waals surface area contributed by atoms with Crippen LogP contribution in [0, 0.1) is 11.8 Å². The minimum absolute atomic E-state index is 0.0199.